The zero-order valence-corrected chi connectivity index (χ0v) is 12.1. The van der Waals surface area contributed by atoms with Gasteiger partial charge in [-0.1, -0.05) is 39.0 Å². The Hall–Kier alpha value is -1.95. The third-order valence-electron chi connectivity index (χ3n) is 3.16. The van der Waals surface area contributed by atoms with E-state index in [9.17, 15) is 14.9 Å². The number of hydrogen-bond acceptors (Lipinski definition) is 4. The number of hydrogen-bond donors (Lipinski definition) is 2. The number of carbonyl (C=O) groups is 1. The smallest absolute Gasteiger partial charge is 0.273 e. The fraction of sp³-hybridized carbons (Fsp3) is 0.500. The number of benzene rings is 1. The Labute approximate surface area is 118 Å². The van der Waals surface area contributed by atoms with Gasteiger partial charge < -0.3 is 11.1 Å². The first kappa shape index (κ1) is 16.1. The summed E-state index contributed by atoms with van der Waals surface area (Å²) in [6, 6.07) is 6.08. The van der Waals surface area contributed by atoms with Gasteiger partial charge >= 0.3 is 0 Å². The highest BCUT2D eigenvalue weighted by atomic mass is 16.6. The van der Waals surface area contributed by atoms with Crippen molar-refractivity contribution < 1.29 is 9.72 Å². The molecule has 6 nitrogen and oxygen atoms in total. The van der Waals surface area contributed by atoms with Gasteiger partial charge in [0.15, 0.2) is 0 Å². The normalized spacial score (nSPS) is 12.8. The molecule has 0 radical (unpaired) electrons. The number of amides is 1. The Morgan fingerprint density at radius 2 is 2.00 bits per heavy atom. The van der Waals surface area contributed by atoms with Crippen LogP contribution in [0.25, 0.3) is 0 Å². The first-order chi connectivity index (χ1) is 9.25. The van der Waals surface area contributed by atoms with Gasteiger partial charge in [-0.05, 0) is 5.41 Å². The second-order valence-corrected chi connectivity index (χ2v) is 5.78. The Balaban J connectivity index is 2.79. The number of para-hydroxylation sites is 1. The molecule has 6 heteroatoms. The quantitative estimate of drug-likeness (QED) is 0.632. The zero-order chi connectivity index (χ0) is 15.3. The third-order valence-corrected chi connectivity index (χ3v) is 3.16. The number of nitrogens with zero attached hydrogens (tertiary/aromatic N) is 1. The van der Waals surface area contributed by atoms with Crippen LogP contribution in [0.2, 0.25) is 0 Å². The van der Waals surface area contributed by atoms with Gasteiger partial charge in [-0.3, -0.25) is 14.9 Å². The fourth-order valence-electron chi connectivity index (χ4n) is 1.89. The van der Waals surface area contributed by atoms with Gasteiger partial charge in [-0.25, -0.2) is 0 Å². The number of nitrogens with two attached hydrogens (primary N) is 1. The van der Waals surface area contributed by atoms with Crippen LogP contribution in [0, 0.1) is 15.5 Å². The number of nitrogens with one attached hydrogen (secondary N) is 1. The summed E-state index contributed by atoms with van der Waals surface area (Å²) in [7, 11) is 0. The second kappa shape index (κ2) is 6.47. The molecule has 0 aliphatic rings. The third kappa shape index (κ3) is 4.31. The van der Waals surface area contributed by atoms with E-state index in [2.05, 4.69) is 5.32 Å². The highest BCUT2D eigenvalue weighted by Gasteiger charge is 2.25. The zero-order valence-electron chi connectivity index (χ0n) is 12.1. The highest BCUT2D eigenvalue weighted by Crippen LogP contribution is 2.20. The Bertz CT molecular complexity index is 495. The van der Waals surface area contributed by atoms with Crippen molar-refractivity contribution in [3.8, 4) is 0 Å². The predicted octanol–water partition coefficient (Wildman–Crippen LogP) is 1.63. The van der Waals surface area contributed by atoms with Crippen molar-refractivity contribution in [1.29, 1.82) is 0 Å². The van der Waals surface area contributed by atoms with Crippen LogP contribution in [0.3, 0.4) is 0 Å². The maximum absolute atomic E-state index is 12.0. The lowest BCUT2D eigenvalue weighted by Gasteiger charge is -2.30. The number of nitro benzene ring substituents is 1. The van der Waals surface area contributed by atoms with Crippen molar-refractivity contribution in [3.05, 3.63) is 39.9 Å². The summed E-state index contributed by atoms with van der Waals surface area (Å²) < 4.78 is 0. The largest absolute Gasteiger partial charge is 0.351 e. The molecule has 0 fully saturated rings. The first-order valence-electron chi connectivity index (χ1n) is 6.47. The summed E-state index contributed by atoms with van der Waals surface area (Å²) >= 11 is 0. The van der Waals surface area contributed by atoms with E-state index in [0.29, 0.717) is 12.1 Å². The number of rotatable bonds is 5. The molecule has 3 N–H and O–H groups in total. The van der Waals surface area contributed by atoms with E-state index in [4.69, 9.17) is 5.73 Å². The summed E-state index contributed by atoms with van der Waals surface area (Å²) in [4.78, 5) is 22.4. The van der Waals surface area contributed by atoms with Crippen molar-refractivity contribution in [1.82, 2.24) is 5.32 Å². The van der Waals surface area contributed by atoms with E-state index < -0.39 is 4.92 Å². The minimum absolute atomic E-state index is 0.0241. The van der Waals surface area contributed by atoms with E-state index in [0.717, 1.165) is 0 Å². The molecule has 0 spiro atoms. The molecule has 1 atom stereocenters. The lowest BCUT2D eigenvalue weighted by molar-refractivity contribution is -0.385. The van der Waals surface area contributed by atoms with Crippen LogP contribution in [0.5, 0.6) is 0 Å². The minimum Gasteiger partial charge on any atom is -0.351 e. The van der Waals surface area contributed by atoms with Crippen molar-refractivity contribution in [2.75, 3.05) is 6.54 Å². The molecule has 0 saturated heterocycles. The molecule has 0 bridgehead atoms. The van der Waals surface area contributed by atoms with E-state index in [1.165, 1.54) is 6.07 Å². The topological polar surface area (TPSA) is 98.3 Å². The molecule has 1 amide bonds. The standard InChI is InChI=1S/C14H21N3O3/c1-14(2,3)12(9-15)16-13(18)8-10-6-4-5-7-11(10)17(19)20/h4-7,12H,8-9,15H2,1-3H3,(H,16,18). The van der Waals surface area contributed by atoms with Crippen LogP contribution in [-0.4, -0.2) is 23.4 Å². The van der Waals surface area contributed by atoms with Crippen LogP contribution >= 0.6 is 0 Å². The molecule has 0 saturated carbocycles. The molecular weight excluding hydrogens is 258 g/mol. The van der Waals surface area contributed by atoms with Crippen LogP contribution < -0.4 is 11.1 Å². The van der Waals surface area contributed by atoms with Gasteiger partial charge in [0.2, 0.25) is 5.91 Å². The number of carbonyl (C=O) groups excluding carboxylic acids is 1. The molecule has 0 heterocycles. The average molecular weight is 279 g/mol. The molecule has 1 aromatic carbocycles. The summed E-state index contributed by atoms with van der Waals surface area (Å²) in [6.07, 6.45) is -0.0241. The highest BCUT2D eigenvalue weighted by molar-refractivity contribution is 5.80. The fourth-order valence-corrected chi connectivity index (χ4v) is 1.89. The van der Waals surface area contributed by atoms with Gasteiger partial charge in [0, 0.05) is 24.2 Å². The van der Waals surface area contributed by atoms with Crippen LogP contribution in [0.15, 0.2) is 24.3 Å². The van der Waals surface area contributed by atoms with Crippen molar-refractivity contribution in [2.24, 2.45) is 11.1 Å². The first-order valence-corrected chi connectivity index (χ1v) is 6.47. The van der Waals surface area contributed by atoms with Crippen LogP contribution in [0.4, 0.5) is 5.69 Å². The molecule has 110 valence electrons. The molecule has 1 unspecified atom stereocenters. The molecule has 0 aromatic heterocycles. The summed E-state index contributed by atoms with van der Waals surface area (Å²) in [5.41, 5.74) is 5.86. The molecular formula is C14H21N3O3. The maximum atomic E-state index is 12.0. The Kier molecular flexibility index (Phi) is 5.21. The average Bonchev–Trinajstić information content (AvgIpc) is 2.34. The maximum Gasteiger partial charge on any atom is 0.273 e. The molecule has 20 heavy (non-hydrogen) atoms. The van der Waals surface area contributed by atoms with E-state index in [1.807, 2.05) is 20.8 Å². The van der Waals surface area contributed by atoms with E-state index >= 15 is 0 Å². The Morgan fingerprint density at radius 1 is 1.40 bits per heavy atom. The lowest BCUT2D eigenvalue weighted by Crippen LogP contribution is -2.48. The summed E-state index contributed by atoms with van der Waals surface area (Å²) in [5.74, 6) is -0.260. The van der Waals surface area contributed by atoms with Crippen molar-refractivity contribution >= 4 is 11.6 Å². The van der Waals surface area contributed by atoms with Crippen LogP contribution in [0.1, 0.15) is 26.3 Å². The second-order valence-electron chi connectivity index (χ2n) is 5.78. The van der Waals surface area contributed by atoms with E-state index in [1.54, 1.807) is 18.2 Å². The predicted molar refractivity (Wildman–Crippen MR) is 77.2 cm³/mol. The van der Waals surface area contributed by atoms with Gasteiger partial charge in [-0.2, -0.15) is 0 Å². The Morgan fingerprint density at radius 3 is 2.50 bits per heavy atom. The SMILES string of the molecule is CC(C)(C)C(CN)NC(=O)Cc1ccccc1[N+](=O)[O-]. The number of nitro groups is 1. The molecule has 1 rings (SSSR count). The molecule has 0 aliphatic heterocycles. The van der Waals surface area contributed by atoms with Crippen molar-refractivity contribution in [2.45, 2.75) is 33.2 Å². The summed E-state index contributed by atoms with van der Waals surface area (Å²) in [6.45, 7) is 6.27. The lowest BCUT2D eigenvalue weighted by atomic mass is 9.86. The van der Waals surface area contributed by atoms with Crippen molar-refractivity contribution in [3.63, 3.8) is 0 Å². The van der Waals surface area contributed by atoms with Gasteiger partial charge in [0.25, 0.3) is 5.69 Å². The molecule has 1 aromatic rings. The minimum atomic E-state index is -0.479. The van der Waals surface area contributed by atoms with E-state index in [-0.39, 0.29) is 29.5 Å². The monoisotopic (exact) mass is 279 g/mol. The van der Waals surface area contributed by atoms with Gasteiger partial charge in [-0.15, -0.1) is 0 Å². The van der Waals surface area contributed by atoms with Crippen LogP contribution in [-0.2, 0) is 11.2 Å². The van der Waals surface area contributed by atoms with Gasteiger partial charge in [0.05, 0.1) is 11.3 Å². The summed E-state index contributed by atoms with van der Waals surface area (Å²) in [5, 5.41) is 13.7. The van der Waals surface area contributed by atoms with Gasteiger partial charge in [0.1, 0.15) is 0 Å². The molecule has 0 aliphatic carbocycles.